The van der Waals surface area contributed by atoms with Crippen LogP contribution in [0.3, 0.4) is 0 Å². The van der Waals surface area contributed by atoms with E-state index in [2.05, 4.69) is 37.4 Å². The van der Waals surface area contributed by atoms with E-state index in [0.29, 0.717) is 0 Å². The Hall–Kier alpha value is -0.980. The highest BCUT2D eigenvalue weighted by molar-refractivity contribution is 5.33. The molecule has 1 aliphatic rings. The normalized spacial score (nSPS) is 12.0. The van der Waals surface area contributed by atoms with Gasteiger partial charge in [0.1, 0.15) is 0 Å². The van der Waals surface area contributed by atoms with Gasteiger partial charge >= 0.3 is 0 Å². The van der Waals surface area contributed by atoms with Crippen molar-refractivity contribution in [3.8, 4) is 0 Å². The Kier molecular flexibility index (Phi) is 13.3. The number of hydrogen-bond acceptors (Lipinski definition) is 1. The molecule has 0 atom stereocenters. The van der Waals surface area contributed by atoms with E-state index in [4.69, 9.17) is 0 Å². The van der Waals surface area contributed by atoms with Gasteiger partial charge in [0.15, 0.2) is 0 Å². The molecule has 0 aliphatic carbocycles. The molecule has 1 aliphatic heterocycles. The molecule has 1 rings (SSSR count). The fourth-order valence-electron chi connectivity index (χ4n) is 0.911. The monoisotopic (exact) mass is 195 g/mol. The summed E-state index contributed by atoms with van der Waals surface area (Å²) in [4.78, 5) is 0. The van der Waals surface area contributed by atoms with Crippen LogP contribution in [0.1, 0.15) is 41.5 Å². The Morgan fingerprint density at radius 3 is 2.14 bits per heavy atom. The topological polar surface area (TPSA) is 12.0 Å². The van der Waals surface area contributed by atoms with Crippen LogP contribution in [0.4, 0.5) is 0 Å². The van der Waals surface area contributed by atoms with Gasteiger partial charge in [0, 0.05) is 12.7 Å². The van der Waals surface area contributed by atoms with Crippen LogP contribution in [0.15, 0.2) is 35.6 Å². The second-order valence-corrected chi connectivity index (χ2v) is 2.68. The van der Waals surface area contributed by atoms with Crippen LogP contribution in [0.25, 0.3) is 0 Å². The largest absolute Gasteiger partial charge is 0.387 e. The van der Waals surface area contributed by atoms with Gasteiger partial charge in [-0.2, -0.15) is 0 Å². The summed E-state index contributed by atoms with van der Waals surface area (Å²) in [7, 11) is 0. The highest BCUT2D eigenvalue weighted by Crippen LogP contribution is 2.04. The van der Waals surface area contributed by atoms with Crippen LogP contribution in [0, 0.1) is 0 Å². The van der Waals surface area contributed by atoms with Gasteiger partial charge in [0.25, 0.3) is 0 Å². The summed E-state index contributed by atoms with van der Waals surface area (Å²) in [5, 5.41) is 3.15. The minimum Gasteiger partial charge on any atom is -0.387 e. The predicted octanol–water partition coefficient (Wildman–Crippen LogP) is 4.05. The number of allylic oxidation sites excluding steroid dienone is 4. The van der Waals surface area contributed by atoms with Crippen molar-refractivity contribution < 1.29 is 0 Å². The molecule has 0 aromatic heterocycles. The second-order valence-electron chi connectivity index (χ2n) is 2.68. The van der Waals surface area contributed by atoms with E-state index in [1.54, 1.807) is 0 Å². The van der Waals surface area contributed by atoms with E-state index in [1.807, 2.05) is 33.9 Å². The third-order valence-corrected chi connectivity index (χ3v) is 1.27. The van der Waals surface area contributed by atoms with Gasteiger partial charge in [-0.1, -0.05) is 51.5 Å². The summed E-state index contributed by atoms with van der Waals surface area (Å²) in [5.41, 5.74) is 2.59. The summed E-state index contributed by atoms with van der Waals surface area (Å²) in [6.07, 6.45) is 8.44. The Morgan fingerprint density at radius 1 is 1.21 bits per heavy atom. The lowest BCUT2D eigenvalue weighted by Gasteiger charge is -2.03. The van der Waals surface area contributed by atoms with Gasteiger partial charge in [-0.25, -0.2) is 0 Å². The van der Waals surface area contributed by atoms with Gasteiger partial charge in [-0.15, -0.1) is 0 Å². The van der Waals surface area contributed by atoms with Crippen LogP contribution in [0.2, 0.25) is 0 Å². The second kappa shape index (κ2) is 12.0. The van der Waals surface area contributed by atoms with Gasteiger partial charge in [-0.05, 0) is 19.4 Å². The third-order valence-electron chi connectivity index (χ3n) is 1.27. The molecule has 82 valence electrons. The maximum absolute atomic E-state index is 3.15. The van der Waals surface area contributed by atoms with Crippen molar-refractivity contribution in [1.82, 2.24) is 5.32 Å². The zero-order valence-electron chi connectivity index (χ0n) is 10.5. The average Bonchev–Trinajstić information content (AvgIpc) is 2.24. The van der Waals surface area contributed by atoms with Crippen molar-refractivity contribution in [2.45, 2.75) is 41.5 Å². The third kappa shape index (κ3) is 9.11. The van der Waals surface area contributed by atoms with Crippen LogP contribution < -0.4 is 5.32 Å². The molecule has 0 unspecified atom stereocenters. The standard InChI is InChI=1S/C9H13N.2C2H6/c1-8(2)6-9-4-3-5-10-7-9;2*1-2/h3-4,6-7,10H,5H2,1-2H3;2*1-2H3. The molecule has 1 nitrogen and oxygen atoms in total. The first-order chi connectivity index (χ1) is 6.79. The van der Waals surface area contributed by atoms with Gasteiger partial charge in [0.2, 0.25) is 0 Å². The molecular weight excluding hydrogens is 170 g/mol. The van der Waals surface area contributed by atoms with Crippen molar-refractivity contribution in [2.75, 3.05) is 6.54 Å². The first-order valence-electron chi connectivity index (χ1n) is 5.54. The number of dihydropyridines is 1. The van der Waals surface area contributed by atoms with Crippen LogP contribution in [-0.2, 0) is 0 Å². The van der Waals surface area contributed by atoms with Gasteiger partial charge in [-0.3, -0.25) is 0 Å². The molecular formula is C13H25N. The Balaban J connectivity index is 0. The molecule has 0 fully saturated rings. The lowest BCUT2D eigenvalue weighted by molar-refractivity contribution is 0.961. The Bertz CT molecular complexity index is 193. The van der Waals surface area contributed by atoms with Crippen molar-refractivity contribution in [3.05, 3.63) is 35.6 Å². The van der Waals surface area contributed by atoms with E-state index in [1.165, 1.54) is 11.1 Å². The fraction of sp³-hybridized carbons (Fsp3) is 0.538. The summed E-state index contributed by atoms with van der Waals surface area (Å²) in [6, 6.07) is 0. The Labute approximate surface area is 89.6 Å². The summed E-state index contributed by atoms with van der Waals surface area (Å²) in [5.74, 6) is 0. The first-order valence-corrected chi connectivity index (χ1v) is 5.54. The predicted molar refractivity (Wildman–Crippen MR) is 67.4 cm³/mol. The fourth-order valence-corrected chi connectivity index (χ4v) is 0.911. The zero-order chi connectivity index (χ0) is 11.4. The van der Waals surface area contributed by atoms with E-state index in [9.17, 15) is 0 Å². The average molecular weight is 195 g/mol. The maximum Gasteiger partial charge on any atom is 0.0328 e. The molecule has 0 aromatic rings. The molecule has 0 bridgehead atoms. The lowest BCUT2D eigenvalue weighted by atomic mass is 10.1. The quantitative estimate of drug-likeness (QED) is 0.665. The maximum atomic E-state index is 3.15. The van der Waals surface area contributed by atoms with Crippen molar-refractivity contribution in [1.29, 1.82) is 0 Å². The molecule has 1 N–H and O–H groups in total. The number of hydrogen-bond donors (Lipinski definition) is 1. The zero-order valence-corrected chi connectivity index (χ0v) is 10.5. The highest BCUT2D eigenvalue weighted by atomic mass is 14.8. The molecule has 0 spiro atoms. The van der Waals surface area contributed by atoms with E-state index < -0.39 is 0 Å². The van der Waals surface area contributed by atoms with E-state index in [-0.39, 0.29) is 0 Å². The molecule has 0 radical (unpaired) electrons. The summed E-state index contributed by atoms with van der Waals surface area (Å²) >= 11 is 0. The molecule has 0 saturated carbocycles. The summed E-state index contributed by atoms with van der Waals surface area (Å²) in [6.45, 7) is 13.2. The Morgan fingerprint density at radius 2 is 1.79 bits per heavy atom. The molecule has 0 aromatic carbocycles. The number of nitrogens with one attached hydrogen (secondary N) is 1. The van der Waals surface area contributed by atoms with Gasteiger partial charge in [0.05, 0.1) is 0 Å². The lowest BCUT2D eigenvalue weighted by Crippen LogP contribution is -2.08. The minimum atomic E-state index is 0.958. The smallest absolute Gasteiger partial charge is 0.0328 e. The van der Waals surface area contributed by atoms with Crippen molar-refractivity contribution in [2.24, 2.45) is 0 Å². The SMILES string of the molecule is CC.CC.CC(C)=CC1=CNCC=C1. The van der Waals surface area contributed by atoms with E-state index in [0.717, 1.165) is 6.54 Å². The highest BCUT2D eigenvalue weighted by Gasteiger charge is 1.90. The van der Waals surface area contributed by atoms with Crippen LogP contribution in [-0.4, -0.2) is 6.54 Å². The van der Waals surface area contributed by atoms with E-state index >= 15 is 0 Å². The van der Waals surface area contributed by atoms with Crippen LogP contribution in [0.5, 0.6) is 0 Å². The van der Waals surface area contributed by atoms with Crippen LogP contribution >= 0.6 is 0 Å². The van der Waals surface area contributed by atoms with Gasteiger partial charge < -0.3 is 5.32 Å². The molecule has 0 saturated heterocycles. The molecule has 1 heteroatoms. The molecule has 1 heterocycles. The first kappa shape index (κ1) is 15.5. The van der Waals surface area contributed by atoms with Crippen molar-refractivity contribution >= 4 is 0 Å². The molecule has 0 amide bonds. The number of rotatable bonds is 1. The summed E-state index contributed by atoms with van der Waals surface area (Å²) < 4.78 is 0. The molecule has 14 heavy (non-hydrogen) atoms. The van der Waals surface area contributed by atoms with Crippen molar-refractivity contribution in [3.63, 3.8) is 0 Å². The minimum absolute atomic E-state index is 0.958.